The molecule has 0 aromatic carbocycles. The Morgan fingerprint density at radius 2 is 1.91 bits per heavy atom. The molecular formula is C13H13N9. The minimum Gasteiger partial charge on any atom is -0.382 e. The first-order chi connectivity index (χ1) is 10.6. The van der Waals surface area contributed by atoms with Gasteiger partial charge in [0.05, 0.1) is 5.69 Å². The van der Waals surface area contributed by atoms with Crippen LogP contribution in [0.1, 0.15) is 17.1 Å². The molecule has 22 heavy (non-hydrogen) atoms. The lowest BCUT2D eigenvalue weighted by atomic mass is 10.3. The molecule has 3 aromatic heterocycles. The van der Waals surface area contributed by atoms with Crippen molar-refractivity contribution in [2.24, 2.45) is 10.7 Å². The SMILES string of the molecule is Cc1cc(C)n(-c2nnc(/N=C(\N)c3ccccn3)nn2)n1. The van der Waals surface area contributed by atoms with Gasteiger partial charge in [-0.25, -0.2) is 4.68 Å². The van der Waals surface area contributed by atoms with Crippen LogP contribution in [0, 0.1) is 13.8 Å². The summed E-state index contributed by atoms with van der Waals surface area (Å²) < 4.78 is 1.56. The highest BCUT2D eigenvalue weighted by molar-refractivity contribution is 5.96. The number of hydrogen-bond donors (Lipinski definition) is 1. The number of rotatable bonds is 3. The highest BCUT2D eigenvalue weighted by atomic mass is 15.5. The Morgan fingerprint density at radius 3 is 2.50 bits per heavy atom. The van der Waals surface area contributed by atoms with E-state index in [0.29, 0.717) is 5.69 Å². The maximum absolute atomic E-state index is 5.84. The van der Waals surface area contributed by atoms with Crippen LogP contribution in [-0.4, -0.2) is 41.0 Å². The predicted octanol–water partition coefficient (Wildman–Crippen LogP) is 0.501. The fourth-order valence-corrected chi connectivity index (χ4v) is 1.86. The van der Waals surface area contributed by atoms with E-state index in [1.165, 1.54) is 0 Å². The molecular weight excluding hydrogens is 282 g/mol. The number of nitrogens with zero attached hydrogens (tertiary/aromatic N) is 8. The Morgan fingerprint density at radius 1 is 1.14 bits per heavy atom. The van der Waals surface area contributed by atoms with Gasteiger partial charge in [-0.1, -0.05) is 6.07 Å². The average Bonchev–Trinajstić information content (AvgIpc) is 2.87. The lowest BCUT2D eigenvalue weighted by Crippen LogP contribution is -2.15. The summed E-state index contributed by atoms with van der Waals surface area (Å²) in [7, 11) is 0. The maximum Gasteiger partial charge on any atom is 0.290 e. The van der Waals surface area contributed by atoms with E-state index >= 15 is 0 Å². The molecule has 3 aromatic rings. The molecule has 2 N–H and O–H groups in total. The third-order valence-electron chi connectivity index (χ3n) is 2.80. The molecule has 0 spiro atoms. The number of aryl methyl sites for hydroxylation is 2. The van der Waals surface area contributed by atoms with E-state index in [0.717, 1.165) is 11.4 Å². The van der Waals surface area contributed by atoms with Gasteiger partial charge in [-0.3, -0.25) is 4.98 Å². The largest absolute Gasteiger partial charge is 0.382 e. The maximum atomic E-state index is 5.84. The van der Waals surface area contributed by atoms with Crippen molar-refractivity contribution < 1.29 is 0 Å². The van der Waals surface area contributed by atoms with Gasteiger partial charge in [0.1, 0.15) is 5.69 Å². The summed E-state index contributed by atoms with van der Waals surface area (Å²) >= 11 is 0. The van der Waals surface area contributed by atoms with Crippen LogP contribution in [0.5, 0.6) is 0 Å². The summed E-state index contributed by atoms with van der Waals surface area (Å²) in [6.07, 6.45) is 1.63. The summed E-state index contributed by atoms with van der Waals surface area (Å²) in [6, 6.07) is 7.26. The standard InChI is InChI=1S/C13H13N9/c1-8-7-9(2)22(21-8)13-19-17-12(18-20-13)16-11(14)10-5-3-4-6-15-10/h3-7H,1-2H3,(H2,14,16,17,18). The van der Waals surface area contributed by atoms with E-state index in [-0.39, 0.29) is 17.7 Å². The van der Waals surface area contributed by atoms with Gasteiger partial charge in [-0.15, -0.1) is 20.4 Å². The number of nitrogens with two attached hydrogens (primary N) is 1. The molecule has 0 atom stereocenters. The van der Waals surface area contributed by atoms with Crippen molar-refractivity contribution in [3.8, 4) is 5.95 Å². The molecule has 0 aliphatic heterocycles. The third-order valence-corrected chi connectivity index (χ3v) is 2.80. The van der Waals surface area contributed by atoms with Crippen molar-refractivity contribution in [2.75, 3.05) is 0 Å². The first-order valence-electron chi connectivity index (χ1n) is 6.50. The molecule has 0 radical (unpaired) electrons. The zero-order chi connectivity index (χ0) is 15.5. The summed E-state index contributed by atoms with van der Waals surface area (Å²) in [5, 5.41) is 20.0. The van der Waals surface area contributed by atoms with Gasteiger partial charge in [0, 0.05) is 11.9 Å². The second-order valence-corrected chi connectivity index (χ2v) is 4.55. The summed E-state index contributed by atoms with van der Waals surface area (Å²) in [4.78, 5) is 8.13. The van der Waals surface area contributed by atoms with E-state index in [1.54, 1.807) is 23.0 Å². The summed E-state index contributed by atoms with van der Waals surface area (Å²) in [6.45, 7) is 3.78. The molecule has 0 aliphatic carbocycles. The van der Waals surface area contributed by atoms with Crippen LogP contribution in [0.25, 0.3) is 5.95 Å². The average molecular weight is 295 g/mol. The molecule has 3 rings (SSSR count). The normalized spacial score (nSPS) is 11.6. The number of hydrogen-bond acceptors (Lipinski definition) is 7. The Hall–Kier alpha value is -3.23. The van der Waals surface area contributed by atoms with Crippen LogP contribution in [0.3, 0.4) is 0 Å². The van der Waals surface area contributed by atoms with Crippen LogP contribution < -0.4 is 5.73 Å². The van der Waals surface area contributed by atoms with Crippen LogP contribution in [0.2, 0.25) is 0 Å². The van der Waals surface area contributed by atoms with Gasteiger partial charge in [-0.05, 0) is 32.0 Å². The third kappa shape index (κ3) is 2.77. The van der Waals surface area contributed by atoms with Crippen molar-refractivity contribution >= 4 is 11.8 Å². The van der Waals surface area contributed by atoms with Gasteiger partial charge >= 0.3 is 0 Å². The van der Waals surface area contributed by atoms with E-state index in [2.05, 4.69) is 35.5 Å². The lowest BCUT2D eigenvalue weighted by molar-refractivity contribution is 0.710. The molecule has 9 heteroatoms. The fourth-order valence-electron chi connectivity index (χ4n) is 1.86. The zero-order valence-electron chi connectivity index (χ0n) is 12.0. The van der Waals surface area contributed by atoms with Crippen molar-refractivity contribution in [1.29, 1.82) is 0 Å². The summed E-state index contributed by atoms with van der Waals surface area (Å²) in [5.41, 5.74) is 8.13. The number of aliphatic imine (C=N–C) groups is 1. The molecule has 110 valence electrons. The quantitative estimate of drug-likeness (QED) is 0.551. The van der Waals surface area contributed by atoms with Crippen LogP contribution >= 0.6 is 0 Å². The first kappa shape index (κ1) is 13.7. The van der Waals surface area contributed by atoms with Gasteiger partial charge in [-0.2, -0.15) is 10.1 Å². The van der Waals surface area contributed by atoms with Crippen LogP contribution in [0.15, 0.2) is 35.5 Å². The smallest absolute Gasteiger partial charge is 0.290 e. The first-order valence-corrected chi connectivity index (χ1v) is 6.50. The number of aromatic nitrogens is 7. The van der Waals surface area contributed by atoms with E-state index in [1.807, 2.05) is 26.0 Å². The molecule has 0 aliphatic rings. The Bertz CT molecular complexity index is 805. The molecule has 0 saturated carbocycles. The monoisotopic (exact) mass is 295 g/mol. The highest BCUT2D eigenvalue weighted by Gasteiger charge is 2.08. The molecule has 0 unspecified atom stereocenters. The number of pyridine rings is 1. The Kier molecular flexibility index (Phi) is 3.52. The Balaban J connectivity index is 1.87. The van der Waals surface area contributed by atoms with E-state index in [9.17, 15) is 0 Å². The van der Waals surface area contributed by atoms with Gasteiger partial charge in [0.2, 0.25) is 0 Å². The predicted molar refractivity (Wildman–Crippen MR) is 78.8 cm³/mol. The van der Waals surface area contributed by atoms with Crippen molar-refractivity contribution in [3.63, 3.8) is 0 Å². The second-order valence-electron chi connectivity index (χ2n) is 4.55. The van der Waals surface area contributed by atoms with E-state index < -0.39 is 0 Å². The molecule has 0 saturated heterocycles. The van der Waals surface area contributed by atoms with Gasteiger partial charge in [0.15, 0.2) is 5.84 Å². The second kappa shape index (κ2) is 5.64. The minimum absolute atomic E-state index is 0.0634. The van der Waals surface area contributed by atoms with Crippen molar-refractivity contribution in [2.45, 2.75) is 13.8 Å². The fraction of sp³-hybridized carbons (Fsp3) is 0.154. The van der Waals surface area contributed by atoms with Gasteiger partial charge in [0.25, 0.3) is 11.9 Å². The number of amidine groups is 1. The molecule has 0 bridgehead atoms. The molecule has 0 amide bonds. The Labute approximate surface area is 126 Å². The summed E-state index contributed by atoms with van der Waals surface area (Å²) in [5.74, 6) is 0.539. The van der Waals surface area contributed by atoms with Crippen molar-refractivity contribution in [1.82, 2.24) is 35.2 Å². The van der Waals surface area contributed by atoms with E-state index in [4.69, 9.17) is 5.73 Å². The minimum atomic E-state index is 0.0634. The molecule has 0 fully saturated rings. The van der Waals surface area contributed by atoms with Crippen LogP contribution in [-0.2, 0) is 0 Å². The molecule has 3 heterocycles. The lowest BCUT2D eigenvalue weighted by Gasteiger charge is -2.00. The van der Waals surface area contributed by atoms with Crippen LogP contribution in [0.4, 0.5) is 5.95 Å². The van der Waals surface area contributed by atoms with Gasteiger partial charge < -0.3 is 5.73 Å². The topological polar surface area (TPSA) is 121 Å². The highest BCUT2D eigenvalue weighted by Crippen LogP contribution is 2.07. The molecule has 9 nitrogen and oxygen atoms in total. The van der Waals surface area contributed by atoms with Crippen molar-refractivity contribution in [3.05, 3.63) is 47.5 Å². The zero-order valence-corrected chi connectivity index (χ0v) is 12.0.